The number of benzene rings is 2. The highest BCUT2D eigenvalue weighted by Gasteiger charge is 2.26. The van der Waals surface area contributed by atoms with E-state index in [0.717, 1.165) is 11.1 Å². The van der Waals surface area contributed by atoms with E-state index in [2.05, 4.69) is 5.32 Å². The zero-order chi connectivity index (χ0) is 18.5. The molecule has 0 aromatic heterocycles. The molecule has 2 N–H and O–H groups in total. The Morgan fingerprint density at radius 3 is 2.62 bits per heavy atom. The summed E-state index contributed by atoms with van der Waals surface area (Å²) in [5.74, 6) is -1.52. The Morgan fingerprint density at radius 1 is 1.15 bits per heavy atom. The number of carboxylic acids is 1. The number of carboxylic acid groups (broad SMARTS) is 1. The summed E-state index contributed by atoms with van der Waals surface area (Å²) in [6.07, 6.45) is 0.227. The van der Waals surface area contributed by atoms with Crippen molar-refractivity contribution in [2.75, 3.05) is 13.2 Å². The SMILES string of the molecule is O=C(O)CNC(=O)COc1ccc([C@@H]2Cc3ccccc3C(=O)O2)cc1. The largest absolute Gasteiger partial charge is 0.484 e. The van der Waals surface area contributed by atoms with Gasteiger partial charge in [-0.15, -0.1) is 0 Å². The summed E-state index contributed by atoms with van der Waals surface area (Å²) in [6.45, 7) is -0.728. The van der Waals surface area contributed by atoms with Gasteiger partial charge in [-0.25, -0.2) is 4.79 Å². The first-order valence-corrected chi connectivity index (χ1v) is 8.03. The Bertz CT molecular complexity index is 830. The summed E-state index contributed by atoms with van der Waals surface area (Å²) in [4.78, 5) is 33.9. The van der Waals surface area contributed by atoms with E-state index >= 15 is 0 Å². The molecule has 1 atom stereocenters. The molecule has 2 aromatic rings. The van der Waals surface area contributed by atoms with Crippen molar-refractivity contribution in [3.05, 3.63) is 65.2 Å². The first-order valence-electron chi connectivity index (χ1n) is 8.03. The predicted molar refractivity (Wildman–Crippen MR) is 90.9 cm³/mol. The fraction of sp³-hybridized carbons (Fsp3) is 0.211. The Labute approximate surface area is 149 Å². The van der Waals surface area contributed by atoms with Crippen LogP contribution in [0.15, 0.2) is 48.5 Å². The molecule has 3 rings (SSSR count). The number of hydrogen-bond donors (Lipinski definition) is 2. The zero-order valence-corrected chi connectivity index (χ0v) is 13.8. The average molecular weight is 355 g/mol. The Hall–Kier alpha value is -3.35. The summed E-state index contributed by atoms with van der Waals surface area (Å²) in [6, 6.07) is 14.3. The number of amides is 1. The van der Waals surface area contributed by atoms with Gasteiger partial charge in [-0.05, 0) is 29.3 Å². The molecule has 2 aromatic carbocycles. The second-order valence-corrected chi connectivity index (χ2v) is 5.78. The fourth-order valence-corrected chi connectivity index (χ4v) is 2.67. The van der Waals surface area contributed by atoms with E-state index in [1.807, 2.05) is 12.1 Å². The number of esters is 1. The van der Waals surface area contributed by atoms with Crippen LogP contribution in [0.25, 0.3) is 0 Å². The second kappa shape index (κ2) is 7.69. The number of hydrogen-bond acceptors (Lipinski definition) is 5. The normalized spacial score (nSPS) is 15.5. The van der Waals surface area contributed by atoms with Gasteiger partial charge >= 0.3 is 11.9 Å². The lowest BCUT2D eigenvalue weighted by Crippen LogP contribution is -2.33. The van der Waals surface area contributed by atoms with E-state index in [9.17, 15) is 14.4 Å². The van der Waals surface area contributed by atoms with E-state index in [0.29, 0.717) is 17.7 Å². The van der Waals surface area contributed by atoms with Crippen LogP contribution >= 0.6 is 0 Å². The molecule has 1 aliphatic heterocycles. The van der Waals surface area contributed by atoms with Crippen LogP contribution < -0.4 is 10.1 Å². The average Bonchev–Trinajstić information content (AvgIpc) is 2.65. The molecule has 1 amide bonds. The number of carbonyl (C=O) groups is 3. The van der Waals surface area contributed by atoms with Crippen LogP contribution in [0, 0.1) is 0 Å². The van der Waals surface area contributed by atoms with Gasteiger partial charge in [0.1, 0.15) is 18.4 Å². The van der Waals surface area contributed by atoms with E-state index < -0.39 is 18.4 Å². The van der Waals surface area contributed by atoms with Gasteiger partial charge in [0.25, 0.3) is 5.91 Å². The molecule has 0 spiro atoms. The van der Waals surface area contributed by atoms with Crippen molar-refractivity contribution in [3.8, 4) is 5.75 Å². The lowest BCUT2D eigenvalue weighted by atomic mass is 9.95. The minimum Gasteiger partial charge on any atom is -0.484 e. The number of aliphatic carboxylic acids is 1. The Balaban J connectivity index is 1.59. The maximum atomic E-state index is 12.1. The van der Waals surface area contributed by atoms with Crippen molar-refractivity contribution < 1.29 is 29.0 Å². The summed E-state index contributed by atoms with van der Waals surface area (Å²) >= 11 is 0. The highest BCUT2D eigenvalue weighted by molar-refractivity contribution is 5.92. The van der Waals surface area contributed by atoms with Crippen molar-refractivity contribution in [1.82, 2.24) is 5.32 Å². The topological polar surface area (TPSA) is 102 Å². The van der Waals surface area contributed by atoms with Crippen LogP contribution in [0.5, 0.6) is 5.75 Å². The minimum absolute atomic E-state index is 0.279. The van der Waals surface area contributed by atoms with Gasteiger partial charge in [0.2, 0.25) is 0 Å². The van der Waals surface area contributed by atoms with Gasteiger partial charge < -0.3 is 19.9 Å². The molecule has 0 radical (unpaired) electrons. The van der Waals surface area contributed by atoms with Gasteiger partial charge in [0.15, 0.2) is 6.61 Å². The molecule has 1 heterocycles. The van der Waals surface area contributed by atoms with Gasteiger partial charge in [0.05, 0.1) is 5.56 Å². The number of rotatable bonds is 6. The lowest BCUT2D eigenvalue weighted by Gasteiger charge is -2.25. The van der Waals surface area contributed by atoms with Crippen LogP contribution in [-0.2, 0) is 20.7 Å². The maximum Gasteiger partial charge on any atom is 0.339 e. The van der Waals surface area contributed by atoms with Crippen molar-refractivity contribution in [1.29, 1.82) is 0 Å². The molecule has 0 aliphatic carbocycles. The minimum atomic E-state index is -1.12. The molecule has 0 fully saturated rings. The molecule has 7 nitrogen and oxygen atoms in total. The summed E-state index contributed by atoms with van der Waals surface area (Å²) in [5, 5.41) is 10.7. The van der Waals surface area contributed by atoms with Crippen molar-refractivity contribution in [3.63, 3.8) is 0 Å². The van der Waals surface area contributed by atoms with E-state index in [1.54, 1.807) is 36.4 Å². The number of carbonyl (C=O) groups excluding carboxylic acids is 2. The third kappa shape index (κ3) is 4.18. The van der Waals surface area contributed by atoms with Crippen LogP contribution in [0.2, 0.25) is 0 Å². The molecule has 0 saturated heterocycles. The van der Waals surface area contributed by atoms with Crippen LogP contribution in [-0.4, -0.2) is 36.1 Å². The first-order chi connectivity index (χ1) is 12.5. The second-order valence-electron chi connectivity index (χ2n) is 5.78. The molecule has 26 heavy (non-hydrogen) atoms. The third-order valence-electron chi connectivity index (χ3n) is 3.95. The van der Waals surface area contributed by atoms with Gasteiger partial charge in [-0.1, -0.05) is 30.3 Å². The fourth-order valence-electron chi connectivity index (χ4n) is 2.67. The zero-order valence-electron chi connectivity index (χ0n) is 13.8. The number of cyclic esters (lactones) is 1. The summed E-state index contributed by atoms with van der Waals surface area (Å²) < 4.78 is 10.8. The standard InChI is InChI=1S/C19H17NO6/c21-17(20-10-18(22)23)11-25-14-7-5-12(6-8-14)16-9-13-3-1-2-4-15(13)19(24)26-16/h1-8,16H,9-11H2,(H,20,21)(H,22,23)/t16-/m0/s1. The molecular weight excluding hydrogens is 338 g/mol. The first kappa shape index (κ1) is 17.5. The van der Waals surface area contributed by atoms with Crippen LogP contribution in [0.1, 0.15) is 27.6 Å². The molecule has 134 valence electrons. The Kier molecular flexibility index (Phi) is 5.17. The lowest BCUT2D eigenvalue weighted by molar-refractivity contribution is -0.138. The molecule has 0 bridgehead atoms. The van der Waals surface area contributed by atoms with E-state index in [4.69, 9.17) is 14.6 Å². The molecule has 0 unspecified atom stereocenters. The summed E-state index contributed by atoms with van der Waals surface area (Å²) in [7, 11) is 0. The maximum absolute atomic E-state index is 12.1. The van der Waals surface area contributed by atoms with Crippen LogP contribution in [0.4, 0.5) is 0 Å². The highest BCUT2D eigenvalue weighted by atomic mass is 16.5. The highest BCUT2D eigenvalue weighted by Crippen LogP contribution is 2.31. The van der Waals surface area contributed by atoms with Crippen molar-refractivity contribution >= 4 is 17.8 Å². The number of fused-ring (bicyclic) bond motifs is 1. The Morgan fingerprint density at radius 2 is 1.88 bits per heavy atom. The number of ether oxygens (including phenoxy) is 2. The number of nitrogens with one attached hydrogen (secondary N) is 1. The smallest absolute Gasteiger partial charge is 0.339 e. The van der Waals surface area contributed by atoms with E-state index in [1.165, 1.54) is 0 Å². The van der Waals surface area contributed by atoms with Gasteiger partial charge in [0, 0.05) is 6.42 Å². The predicted octanol–water partition coefficient (Wildman–Crippen LogP) is 1.72. The summed E-state index contributed by atoms with van der Waals surface area (Å²) in [5.41, 5.74) is 2.37. The molecule has 0 saturated carbocycles. The molecule has 1 aliphatic rings. The third-order valence-corrected chi connectivity index (χ3v) is 3.95. The molecule has 7 heteroatoms. The van der Waals surface area contributed by atoms with E-state index in [-0.39, 0.29) is 18.7 Å². The quantitative estimate of drug-likeness (QED) is 0.765. The van der Waals surface area contributed by atoms with Crippen LogP contribution in [0.3, 0.4) is 0 Å². The van der Waals surface area contributed by atoms with Gasteiger partial charge in [-0.3, -0.25) is 9.59 Å². The van der Waals surface area contributed by atoms with Crippen molar-refractivity contribution in [2.24, 2.45) is 0 Å². The monoisotopic (exact) mass is 355 g/mol. The van der Waals surface area contributed by atoms with Crippen molar-refractivity contribution in [2.45, 2.75) is 12.5 Å². The molecular formula is C19H17NO6. The van der Waals surface area contributed by atoms with Gasteiger partial charge in [-0.2, -0.15) is 0 Å².